The lowest BCUT2D eigenvalue weighted by Crippen LogP contribution is -2.15. The Hall–Kier alpha value is -0.670. The van der Waals surface area contributed by atoms with Gasteiger partial charge in [-0.05, 0) is 22.0 Å². The van der Waals surface area contributed by atoms with Crippen LogP contribution in [0.3, 0.4) is 0 Å². The van der Waals surface area contributed by atoms with Gasteiger partial charge in [0.2, 0.25) is 16.0 Å². The molecule has 0 radical (unpaired) electrons. The lowest BCUT2D eigenvalue weighted by molar-refractivity contribution is 0.149. The molecule has 2 N–H and O–H groups in total. The zero-order chi connectivity index (χ0) is 11.8. The molecule has 4 nitrogen and oxygen atoms in total. The summed E-state index contributed by atoms with van der Waals surface area (Å²) in [6.07, 6.45) is -2.98. The molecule has 0 saturated carbocycles. The topological polar surface area (TPSA) is 73.1 Å². The summed E-state index contributed by atoms with van der Waals surface area (Å²) < 4.78 is 58.6. The third-order valence-electron chi connectivity index (χ3n) is 1.47. The Balaban J connectivity index is 3.50. The molecule has 1 aromatic heterocycles. The molecule has 0 aliphatic rings. The van der Waals surface area contributed by atoms with E-state index in [9.17, 15) is 21.6 Å². The molecule has 0 aromatic carbocycles. The van der Waals surface area contributed by atoms with Gasteiger partial charge in [-0.15, -0.1) is 0 Å². The Morgan fingerprint density at radius 2 is 2.00 bits per heavy atom. The molecule has 0 aliphatic heterocycles. The third kappa shape index (κ3) is 2.67. The van der Waals surface area contributed by atoms with Gasteiger partial charge in [0.05, 0.1) is 5.56 Å². The summed E-state index contributed by atoms with van der Waals surface area (Å²) in [4.78, 5) is 1.92. The van der Waals surface area contributed by atoms with Crippen LogP contribution in [-0.2, 0) is 10.0 Å². The molecule has 0 saturated heterocycles. The van der Waals surface area contributed by atoms with Crippen LogP contribution in [0.2, 0.25) is 0 Å². The molecular formula is C6H4BrF3N2O2S. The maximum absolute atomic E-state index is 12.9. The van der Waals surface area contributed by atoms with Crippen molar-refractivity contribution >= 4 is 26.0 Å². The van der Waals surface area contributed by atoms with Gasteiger partial charge in [-0.2, -0.15) is 4.39 Å². The van der Waals surface area contributed by atoms with Gasteiger partial charge < -0.3 is 0 Å². The van der Waals surface area contributed by atoms with Crippen molar-refractivity contribution < 1.29 is 21.6 Å². The SMILES string of the molecule is NS(=O)(=O)c1cc(C(F)F)c(Br)nc1F. The molecule has 1 rings (SSSR count). The lowest BCUT2D eigenvalue weighted by Gasteiger charge is -2.05. The van der Waals surface area contributed by atoms with Crippen LogP contribution in [0, 0.1) is 5.95 Å². The minimum Gasteiger partial charge on any atom is -0.224 e. The third-order valence-corrected chi connectivity index (χ3v) is 3.00. The zero-order valence-electron chi connectivity index (χ0n) is 6.92. The maximum atomic E-state index is 12.9. The Morgan fingerprint density at radius 1 is 1.47 bits per heavy atom. The van der Waals surface area contributed by atoms with Crippen molar-refractivity contribution in [3.05, 3.63) is 22.2 Å². The van der Waals surface area contributed by atoms with Crippen LogP contribution < -0.4 is 5.14 Å². The second-order valence-electron chi connectivity index (χ2n) is 2.50. The Bertz CT molecular complexity index is 491. The van der Waals surface area contributed by atoms with Crippen molar-refractivity contribution in [2.45, 2.75) is 11.3 Å². The fraction of sp³-hybridized carbons (Fsp3) is 0.167. The van der Waals surface area contributed by atoms with Gasteiger partial charge in [-0.3, -0.25) is 0 Å². The molecule has 0 unspecified atom stereocenters. The van der Waals surface area contributed by atoms with Crippen molar-refractivity contribution in [3.8, 4) is 0 Å². The molecule has 0 amide bonds. The normalized spacial score (nSPS) is 12.1. The van der Waals surface area contributed by atoms with Gasteiger partial charge >= 0.3 is 0 Å². The van der Waals surface area contributed by atoms with Gasteiger partial charge in [0.1, 0.15) is 9.50 Å². The first-order chi connectivity index (χ1) is 6.73. The predicted octanol–water partition coefficient (Wildman–Crippen LogP) is 1.57. The van der Waals surface area contributed by atoms with Gasteiger partial charge in [0.25, 0.3) is 6.43 Å². The smallest absolute Gasteiger partial charge is 0.224 e. The average Bonchev–Trinajstić information content (AvgIpc) is 2.00. The van der Waals surface area contributed by atoms with E-state index in [-0.39, 0.29) is 0 Å². The van der Waals surface area contributed by atoms with Crippen LogP contribution in [0.1, 0.15) is 12.0 Å². The Kier molecular flexibility index (Phi) is 3.36. The van der Waals surface area contributed by atoms with E-state index in [4.69, 9.17) is 0 Å². The van der Waals surface area contributed by atoms with Gasteiger partial charge in [-0.25, -0.2) is 27.3 Å². The first kappa shape index (κ1) is 12.4. The predicted molar refractivity (Wildman–Crippen MR) is 48.2 cm³/mol. The van der Waals surface area contributed by atoms with Crippen LogP contribution in [-0.4, -0.2) is 13.4 Å². The minimum atomic E-state index is -4.40. The van der Waals surface area contributed by atoms with Crippen molar-refractivity contribution in [2.75, 3.05) is 0 Å². The van der Waals surface area contributed by atoms with Gasteiger partial charge in [0.15, 0.2) is 0 Å². The van der Waals surface area contributed by atoms with E-state index < -0.39 is 37.5 Å². The van der Waals surface area contributed by atoms with Crippen LogP contribution >= 0.6 is 15.9 Å². The number of pyridine rings is 1. The highest BCUT2D eigenvalue weighted by Crippen LogP contribution is 2.28. The minimum absolute atomic E-state index is 0.451. The fourth-order valence-electron chi connectivity index (χ4n) is 0.819. The standard InChI is InChI=1S/C6H4BrF3N2O2S/c7-4-2(5(8)9)1-3(6(10)12-4)15(11,13)14/h1,5H,(H2,11,13,14). The average molecular weight is 305 g/mol. The quantitative estimate of drug-likeness (QED) is 0.843. The Morgan fingerprint density at radius 3 is 2.40 bits per heavy atom. The number of nitrogens with zero attached hydrogens (tertiary/aromatic N) is 1. The number of nitrogens with two attached hydrogens (primary N) is 1. The summed E-state index contributed by atoms with van der Waals surface area (Å²) in [6, 6.07) is 0.451. The number of primary sulfonamides is 1. The number of sulfonamides is 1. The molecule has 1 aromatic rings. The highest BCUT2D eigenvalue weighted by atomic mass is 79.9. The highest BCUT2D eigenvalue weighted by molar-refractivity contribution is 9.10. The maximum Gasteiger partial charge on any atom is 0.266 e. The van der Waals surface area contributed by atoms with E-state index in [2.05, 4.69) is 26.1 Å². The van der Waals surface area contributed by atoms with E-state index >= 15 is 0 Å². The van der Waals surface area contributed by atoms with Crippen LogP contribution in [0.4, 0.5) is 13.2 Å². The van der Waals surface area contributed by atoms with Crippen molar-refractivity contribution in [1.82, 2.24) is 4.98 Å². The van der Waals surface area contributed by atoms with E-state index in [0.717, 1.165) is 0 Å². The molecule has 15 heavy (non-hydrogen) atoms. The number of alkyl halides is 2. The Labute approximate surface area is 91.5 Å². The molecule has 9 heteroatoms. The van der Waals surface area contributed by atoms with Gasteiger partial charge in [-0.1, -0.05) is 0 Å². The summed E-state index contributed by atoms with van der Waals surface area (Å²) in [6.45, 7) is 0. The first-order valence-corrected chi connectivity index (χ1v) is 5.74. The van der Waals surface area contributed by atoms with Gasteiger partial charge in [0, 0.05) is 0 Å². The second-order valence-corrected chi connectivity index (χ2v) is 4.78. The summed E-state index contributed by atoms with van der Waals surface area (Å²) in [5.41, 5.74) is -0.736. The number of rotatable bonds is 2. The molecule has 0 atom stereocenters. The largest absolute Gasteiger partial charge is 0.266 e. The number of halogens is 4. The number of hydrogen-bond donors (Lipinski definition) is 1. The van der Waals surface area contributed by atoms with Crippen molar-refractivity contribution in [3.63, 3.8) is 0 Å². The van der Waals surface area contributed by atoms with E-state index in [1.54, 1.807) is 0 Å². The monoisotopic (exact) mass is 304 g/mol. The molecule has 0 aliphatic carbocycles. The zero-order valence-corrected chi connectivity index (χ0v) is 9.32. The molecule has 1 heterocycles. The lowest BCUT2D eigenvalue weighted by atomic mass is 10.3. The summed E-state index contributed by atoms with van der Waals surface area (Å²) in [5, 5.41) is 4.61. The molecule has 0 spiro atoms. The summed E-state index contributed by atoms with van der Waals surface area (Å²) >= 11 is 2.58. The van der Waals surface area contributed by atoms with Crippen LogP contribution in [0.25, 0.3) is 0 Å². The van der Waals surface area contributed by atoms with E-state index in [1.165, 1.54) is 0 Å². The van der Waals surface area contributed by atoms with Crippen LogP contribution in [0.15, 0.2) is 15.6 Å². The molecular weight excluding hydrogens is 301 g/mol. The van der Waals surface area contributed by atoms with Crippen LogP contribution in [0.5, 0.6) is 0 Å². The molecule has 0 fully saturated rings. The molecule has 84 valence electrons. The summed E-state index contributed by atoms with van der Waals surface area (Å²) in [7, 11) is -4.40. The van der Waals surface area contributed by atoms with Crippen molar-refractivity contribution in [2.24, 2.45) is 5.14 Å². The highest BCUT2D eigenvalue weighted by Gasteiger charge is 2.22. The number of hydrogen-bond acceptors (Lipinski definition) is 3. The number of aromatic nitrogens is 1. The first-order valence-electron chi connectivity index (χ1n) is 3.40. The summed E-state index contributed by atoms with van der Waals surface area (Å²) in [5.74, 6) is -1.42. The van der Waals surface area contributed by atoms with E-state index in [1.807, 2.05) is 0 Å². The fourth-order valence-corrected chi connectivity index (χ4v) is 1.83. The second kappa shape index (κ2) is 4.06. The van der Waals surface area contributed by atoms with Crippen molar-refractivity contribution in [1.29, 1.82) is 0 Å². The molecule has 0 bridgehead atoms. The van der Waals surface area contributed by atoms with E-state index in [0.29, 0.717) is 6.07 Å².